The number of alkyl halides is 3. The summed E-state index contributed by atoms with van der Waals surface area (Å²) >= 11 is 0. The summed E-state index contributed by atoms with van der Waals surface area (Å²) in [6, 6.07) is 7.55. The Morgan fingerprint density at radius 3 is 1.63 bits per heavy atom. The van der Waals surface area contributed by atoms with E-state index in [1.54, 1.807) is 6.82 Å². The average Bonchev–Trinajstić information content (AvgIpc) is 4.37. The number of benzene rings is 1. The molecule has 0 aliphatic carbocycles. The van der Waals surface area contributed by atoms with Crippen molar-refractivity contribution < 1.29 is 107 Å². The Balaban J connectivity index is 0.000000323. The van der Waals surface area contributed by atoms with Gasteiger partial charge in [-0.25, -0.2) is 24.1 Å². The highest BCUT2D eigenvalue weighted by Gasteiger charge is 2.55. The minimum Gasteiger partial charge on any atom is -0.542 e. The van der Waals surface area contributed by atoms with E-state index in [4.69, 9.17) is 59.9 Å². The van der Waals surface area contributed by atoms with Crippen molar-refractivity contribution in [3.8, 4) is 0 Å². The van der Waals surface area contributed by atoms with Gasteiger partial charge in [0.05, 0.1) is 0 Å². The molecule has 15 atom stereocenters. The predicted octanol–water partition coefficient (Wildman–Crippen LogP) is -2.90. The molecule has 0 bridgehead atoms. The Morgan fingerprint density at radius 1 is 0.734 bits per heavy atom. The lowest BCUT2D eigenvalue weighted by atomic mass is 9.84. The number of amides is 2. The molecular formula is C45H70B2F3N11O18. The summed E-state index contributed by atoms with van der Waals surface area (Å²) < 4.78 is 68.6. The van der Waals surface area contributed by atoms with Crippen LogP contribution in [0.25, 0.3) is 0 Å². The quantitative estimate of drug-likeness (QED) is 0.0356. The first-order chi connectivity index (χ1) is 37.0. The van der Waals surface area contributed by atoms with Crippen LogP contribution < -0.4 is 32.8 Å². The number of aromatic nitrogens is 6. The van der Waals surface area contributed by atoms with Gasteiger partial charge in [0.15, 0.2) is 24.8 Å². The predicted molar refractivity (Wildman–Crippen MR) is 263 cm³/mol. The van der Waals surface area contributed by atoms with Gasteiger partial charge in [0, 0.05) is 11.5 Å². The number of hydrogen-bond acceptors (Lipinski definition) is 23. The van der Waals surface area contributed by atoms with Crippen molar-refractivity contribution in [3.05, 3.63) is 60.2 Å². The van der Waals surface area contributed by atoms with Crippen LogP contribution in [-0.4, -0.2) is 179 Å². The van der Waals surface area contributed by atoms with Crippen molar-refractivity contribution in [3.63, 3.8) is 0 Å². The Kier molecular flexibility index (Phi) is 26.3. The van der Waals surface area contributed by atoms with Crippen LogP contribution in [0, 0.1) is 17.8 Å². The zero-order valence-electron chi connectivity index (χ0n) is 44.6. The van der Waals surface area contributed by atoms with Gasteiger partial charge in [0.2, 0.25) is 11.6 Å². The molecule has 440 valence electrons. The molecule has 0 spiro atoms. The molecule has 3 aliphatic rings. The summed E-state index contributed by atoms with van der Waals surface area (Å²) in [5, 5.41) is 69.7. The lowest BCUT2D eigenvalue weighted by Gasteiger charge is -2.25. The SMILES string of the molecule is CC[C@H](C)[C@H](NB(C)O)C(=O)O.CC[C@H](C)[C@H](NB(C)O)C(=O)OC[C@H]1O[C@@H](n2cnc(C(N)=O)n2)[C@@H]2OC(c3ccccc3)OC21.CC[C@H](C)[C@H]([NH3+])C(=O)OC[C@H]1O[C@@H](n2cnc(C(N)=O)n2)[C@H](O)C1O.O=C([O-])C(F)(F)F. The first-order valence-electron chi connectivity index (χ1n) is 25.0. The second-order valence-corrected chi connectivity index (χ2v) is 18.7. The van der Waals surface area contributed by atoms with Gasteiger partial charge < -0.3 is 91.3 Å². The first-order valence-corrected chi connectivity index (χ1v) is 25.0. The van der Waals surface area contributed by atoms with Crippen LogP contribution in [0.1, 0.15) is 106 Å². The van der Waals surface area contributed by atoms with Gasteiger partial charge in [0.25, 0.3) is 11.8 Å². The van der Waals surface area contributed by atoms with E-state index >= 15 is 0 Å². The molecule has 3 unspecified atom stereocenters. The number of hydrogen-bond donors (Lipinski definition) is 10. The van der Waals surface area contributed by atoms with Gasteiger partial charge in [-0.2, -0.15) is 13.2 Å². The molecule has 3 aromatic rings. The Bertz CT molecular complexity index is 2430. The standard InChI is InChI=1S/C22H30BN5O7.C14H23N5O6.C7H16BNO3.C2HF3O2/c1-4-12(2)15(26-23(3)31)21(30)32-10-14-16-17(35-22(34-16)13-8-6-5-7-9-13)20(33-14)28-11-25-19(27-28)18(24)29;1-3-6(2)8(15)14(23)24-4-7-9(20)10(21)13(25-7)19-5-17-12(18-19)11(16)22;1-4-5(2)6(7(10)11)9-8(3)12;3-2(4,5)1(6)7/h5-9,11-12,14-17,20,22,26,31H,4,10H2,1-3H3,(H2,24,29);5-10,13,20-21H,3-4,15H2,1-2H3,(H2,16,22);5-6,9,12H,4H2,1-3H3,(H,10,11);(H,6,7)/t12-,14+,15-,16?,17+,20+,22?;6-,7+,8-,9?,10+,13+;5-,6-;/m000./s1. The van der Waals surface area contributed by atoms with Crippen molar-refractivity contribution in [2.45, 2.75) is 154 Å². The molecule has 14 N–H and O–H groups in total. The summed E-state index contributed by atoms with van der Waals surface area (Å²) in [5.41, 5.74) is 14.9. The average molecular weight is 1130 g/mol. The zero-order chi connectivity index (χ0) is 59.6. The van der Waals surface area contributed by atoms with Crippen molar-refractivity contribution in [1.29, 1.82) is 0 Å². The lowest BCUT2D eigenvalue weighted by Crippen LogP contribution is -2.68. The number of carbonyl (C=O) groups excluding carboxylic acids is 5. The summed E-state index contributed by atoms with van der Waals surface area (Å²) in [6.07, 6.45) is -8.38. The zero-order valence-corrected chi connectivity index (χ0v) is 44.6. The number of primary amides is 2. The highest BCUT2D eigenvalue weighted by atomic mass is 19.4. The number of aliphatic hydroxyl groups is 2. The second-order valence-electron chi connectivity index (χ2n) is 18.7. The summed E-state index contributed by atoms with van der Waals surface area (Å²) in [7, 11) is -1.65. The number of nitrogens with zero attached hydrogens (tertiary/aromatic N) is 6. The second kappa shape index (κ2) is 31.0. The fraction of sp³-hybridized carbons (Fsp3) is 0.644. The number of carbonyl (C=O) groups is 6. The van der Waals surface area contributed by atoms with Gasteiger partial charge in [-0.05, 0) is 31.9 Å². The molecule has 3 fully saturated rings. The highest BCUT2D eigenvalue weighted by Crippen LogP contribution is 2.44. The number of halogens is 3. The molecule has 3 aliphatic heterocycles. The van der Waals surface area contributed by atoms with Crippen LogP contribution in [0.4, 0.5) is 13.2 Å². The van der Waals surface area contributed by atoms with Crippen molar-refractivity contribution in [2.75, 3.05) is 13.2 Å². The van der Waals surface area contributed by atoms with E-state index < -0.39 is 129 Å². The number of quaternary nitrogens is 1. The lowest BCUT2D eigenvalue weighted by molar-refractivity contribution is -0.420. The smallest absolute Gasteiger partial charge is 0.430 e. The van der Waals surface area contributed by atoms with E-state index in [2.05, 4.69) is 36.4 Å². The number of esters is 2. The Hall–Kier alpha value is -6.20. The molecule has 0 radical (unpaired) electrons. The van der Waals surface area contributed by atoms with Gasteiger partial charge in [-0.1, -0.05) is 84.7 Å². The molecule has 29 nitrogen and oxygen atoms in total. The van der Waals surface area contributed by atoms with E-state index in [-0.39, 0.29) is 42.6 Å². The molecule has 79 heavy (non-hydrogen) atoms. The van der Waals surface area contributed by atoms with Gasteiger partial charge in [-0.3, -0.25) is 19.2 Å². The van der Waals surface area contributed by atoms with Gasteiger partial charge in [0.1, 0.15) is 80.5 Å². The van der Waals surface area contributed by atoms with E-state index in [1.165, 1.54) is 17.8 Å². The molecular weight excluding hydrogens is 1060 g/mol. The largest absolute Gasteiger partial charge is 0.542 e. The number of aliphatic hydroxyl groups excluding tert-OH is 2. The summed E-state index contributed by atoms with van der Waals surface area (Å²) in [5.74, 6) is -6.89. The Labute approximate surface area is 452 Å². The minimum absolute atomic E-state index is 0.0251. The molecule has 2 amide bonds. The van der Waals surface area contributed by atoms with Crippen LogP contribution >= 0.6 is 0 Å². The van der Waals surface area contributed by atoms with Crippen LogP contribution in [-0.2, 0) is 47.6 Å². The molecule has 3 saturated heterocycles. The highest BCUT2D eigenvalue weighted by molar-refractivity contribution is 6.46. The third-order valence-corrected chi connectivity index (χ3v) is 12.7. The summed E-state index contributed by atoms with van der Waals surface area (Å²) in [6.45, 7) is 14.2. The van der Waals surface area contributed by atoms with Crippen molar-refractivity contribution in [2.24, 2.45) is 29.2 Å². The van der Waals surface area contributed by atoms with Crippen LogP contribution in [0.2, 0.25) is 13.6 Å². The topological polar surface area (TPSA) is 447 Å². The Morgan fingerprint density at radius 2 is 1.18 bits per heavy atom. The van der Waals surface area contributed by atoms with Gasteiger partial charge in [-0.15, -0.1) is 10.2 Å². The number of aliphatic carboxylic acids is 2. The van der Waals surface area contributed by atoms with Crippen molar-refractivity contribution in [1.82, 2.24) is 40.0 Å². The molecule has 5 heterocycles. The number of carboxylic acids is 2. The van der Waals surface area contributed by atoms with Crippen LogP contribution in [0.5, 0.6) is 0 Å². The number of ether oxygens (including phenoxy) is 6. The number of fused-ring (bicyclic) bond motifs is 1. The van der Waals surface area contributed by atoms with E-state index in [1.807, 2.05) is 71.9 Å². The van der Waals surface area contributed by atoms with Crippen LogP contribution in [0.3, 0.4) is 0 Å². The summed E-state index contributed by atoms with van der Waals surface area (Å²) in [4.78, 5) is 74.3. The monoisotopic (exact) mass is 1130 g/mol. The normalized spacial score (nSPS) is 24.4. The molecule has 0 saturated carbocycles. The third kappa shape index (κ3) is 19.5. The van der Waals surface area contributed by atoms with E-state index in [0.29, 0.717) is 0 Å². The maximum atomic E-state index is 12.8. The third-order valence-electron chi connectivity index (χ3n) is 12.7. The number of carboxylic acid groups (broad SMARTS) is 2. The minimum atomic E-state index is -5.19. The fourth-order valence-corrected chi connectivity index (χ4v) is 7.53. The maximum Gasteiger partial charge on any atom is 0.430 e. The molecule has 2 aromatic heterocycles. The maximum absolute atomic E-state index is 12.8. The number of rotatable bonds is 22. The first kappa shape index (κ1) is 67.1. The van der Waals surface area contributed by atoms with Gasteiger partial charge >= 0.3 is 38.2 Å². The molecule has 34 heteroatoms. The van der Waals surface area contributed by atoms with Crippen LogP contribution in [0.15, 0.2) is 43.0 Å². The number of nitrogens with one attached hydrogen (secondary N) is 2. The molecule has 1 aromatic carbocycles. The van der Waals surface area contributed by atoms with E-state index in [9.17, 15) is 52.4 Å². The fourth-order valence-electron chi connectivity index (χ4n) is 7.53. The van der Waals surface area contributed by atoms with Crippen molar-refractivity contribution >= 4 is 49.8 Å². The van der Waals surface area contributed by atoms with E-state index in [0.717, 1.165) is 35.8 Å². The molecule has 6 rings (SSSR count). The number of nitrogens with two attached hydrogens (primary N) is 2.